The van der Waals surface area contributed by atoms with Crippen LogP contribution in [0.25, 0.3) is 0 Å². The second kappa shape index (κ2) is 11.0. The third kappa shape index (κ3) is 6.48. The van der Waals surface area contributed by atoms with Gasteiger partial charge in [0.1, 0.15) is 12.4 Å². The Morgan fingerprint density at radius 2 is 2.19 bits per heavy atom. The largest absolute Gasteiger partial charge is 0.355 e. The van der Waals surface area contributed by atoms with E-state index in [0.717, 1.165) is 0 Å². The van der Waals surface area contributed by atoms with Crippen molar-refractivity contribution in [1.29, 1.82) is 0 Å². The van der Waals surface area contributed by atoms with Crippen molar-refractivity contribution in [2.45, 2.75) is 24.9 Å². The van der Waals surface area contributed by atoms with Gasteiger partial charge in [-0.3, -0.25) is 19.8 Å². The maximum absolute atomic E-state index is 10.6. The normalized spacial score (nSPS) is 11.0. The Morgan fingerprint density at radius 3 is 2.81 bits per heavy atom. The SMILES string of the molecule is CN=C(NCCn1cc([N+](=O)[O-])cn1)NCc1ccc(C)cc1SC.I. The minimum atomic E-state index is -0.456. The van der Waals surface area contributed by atoms with E-state index in [9.17, 15) is 10.1 Å². The first-order chi connectivity index (χ1) is 12.0. The second-order valence-electron chi connectivity index (χ2n) is 5.39. The summed E-state index contributed by atoms with van der Waals surface area (Å²) in [6, 6.07) is 6.38. The Morgan fingerprint density at radius 1 is 1.42 bits per heavy atom. The van der Waals surface area contributed by atoms with Crippen LogP contribution in [0, 0.1) is 17.0 Å². The van der Waals surface area contributed by atoms with E-state index < -0.39 is 4.92 Å². The van der Waals surface area contributed by atoms with Gasteiger partial charge in [-0.1, -0.05) is 12.1 Å². The molecule has 1 heterocycles. The standard InChI is InChI=1S/C16H22N6O2S.HI/c1-12-4-5-13(15(8-12)25-3)9-19-16(17-2)18-6-7-21-11-14(10-20-21)22(23)24;/h4-5,8,10-11H,6-7,9H2,1-3H3,(H2,17,18,19);1H. The Hall–Kier alpha value is -1.82. The lowest BCUT2D eigenvalue weighted by Gasteiger charge is -2.14. The van der Waals surface area contributed by atoms with Crippen LogP contribution in [0.1, 0.15) is 11.1 Å². The van der Waals surface area contributed by atoms with E-state index in [1.165, 1.54) is 33.1 Å². The number of hydrogen-bond acceptors (Lipinski definition) is 5. The van der Waals surface area contributed by atoms with Gasteiger partial charge in [-0.25, -0.2) is 0 Å². The minimum Gasteiger partial charge on any atom is -0.355 e. The molecule has 0 saturated heterocycles. The zero-order chi connectivity index (χ0) is 18.2. The van der Waals surface area contributed by atoms with Crippen LogP contribution in [-0.4, -0.2) is 40.5 Å². The monoisotopic (exact) mass is 490 g/mol. The quantitative estimate of drug-likeness (QED) is 0.155. The van der Waals surface area contributed by atoms with Crippen LogP contribution in [-0.2, 0) is 13.1 Å². The van der Waals surface area contributed by atoms with Gasteiger partial charge in [-0.15, -0.1) is 35.7 Å². The van der Waals surface area contributed by atoms with Crippen LogP contribution in [0.4, 0.5) is 5.69 Å². The van der Waals surface area contributed by atoms with Crippen LogP contribution < -0.4 is 10.6 Å². The molecule has 0 aliphatic heterocycles. The maximum atomic E-state index is 10.6. The van der Waals surface area contributed by atoms with E-state index in [4.69, 9.17) is 0 Å². The molecular weight excluding hydrogens is 467 g/mol. The highest BCUT2D eigenvalue weighted by Gasteiger charge is 2.08. The van der Waals surface area contributed by atoms with E-state index in [2.05, 4.69) is 52.1 Å². The number of nitro groups is 1. The van der Waals surface area contributed by atoms with E-state index in [1.807, 2.05) is 0 Å². The molecule has 1 aromatic carbocycles. The number of nitrogens with zero attached hydrogens (tertiary/aromatic N) is 4. The molecule has 0 unspecified atom stereocenters. The molecule has 1 aromatic heterocycles. The lowest BCUT2D eigenvalue weighted by Crippen LogP contribution is -2.38. The van der Waals surface area contributed by atoms with Gasteiger partial charge >= 0.3 is 5.69 Å². The number of aliphatic imine (C=N–C) groups is 1. The molecule has 26 heavy (non-hydrogen) atoms. The Bertz CT molecular complexity index is 765. The topological polar surface area (TPSA) is 97.4 Å². The predicted molar refractivity (Wildman–Crippen MR) is 115 cm³/mol. The lowest BCUT2D eigenvalue weighted by atomic mass is 10.1. The molecule has 0 bridgehead atoms. The molecule has 2 aromatic rings. The van der Waals surface area contributed by atoms with Gasteiger partial charge in [0.05, 0.1) is 11.5 Å². The number of guanidine groups is 1. The summed E-state index contributed by atoms with van der Waals surface area (Å²) in [5.74, 6) is 0.675. The molecule has 0 amide bonds. The summed E-state index contributed by atoms with van der Waals surface area (Å²) in [7, 11) is 1.71. The predicted octanol–water partition coefficient (Wildman–Crippen LogP) is 2.80. The Balaban J connectivity index is 0.00000338. The summed E-state index contributed by atoms with van der Waals surface area (Å²) in [6.07, 6.45) is 4.72. The summed E-state index contributed by atoms with van der Waals surface area (Å²) < 4.78 is 1.53. The molecule has 10 heteroatoms. The first-order valence-electron chi connectivity index (χ1n) is 7.78. The summed E-state index contributed by atoms with van der Waals surface area (Å²) in [5, 5.41) is 21.1. The second-order valence-corrected chi connectivity index (χ2v) is 6.23. The molecule has 8 nitrogen and oxygen atoms in total. The molecule has 0 radical (unpaired) electrons. The smallest absolute Gasteiger partial charge is 0.306 e. The molecule has 0 saturated carbocycles. The highest BCUT2D eigenvalue weighted by Crippen LogP contribution is 2.21. The van der Waals surface area contributed by atoms with Crippen LogP contribution in [0.3, 0.4) is 0 Å². The summed E-state index contributed by atoms with van der Waals surface area (Å²) >= 11 is 1.72. The average Bonchev–Trinajstić information content (AvgIpc) is 3.07. The van der Waals surface area contributed by atoms with Gasteiger partial charge < -0.3 is 10.6 Å². The summed E-state index contributed by atoms with van der Waals surface area (Å²) in [5.41, 5.74) is 2.44. The van der Waals surface area contributed by atoms with E-state index >= 15 is 0 Å². The maximum Gasteiger partial charge on any atom is 0.306 e. The van der Waals surface area contributed by atoms with Crippen molar-refractivity contribution in [3.8, 4) is 0 Å². The van der Waals surface area contributed by atoms with Gasteiger partial charge in [0.15, 0.2) is 5.96 Å². The average molecular weight is 490 g/mol. The Kier molecular flexibility index (Phi) is 9.41. The van der Waals surface area contributed by atoms with Crippen molar-refractivity contribution in [2.24, 2.45) is 4.99 Å². The van der Waals surface area contributed by atoms with Crippen molar-refractivity contribution < 1.29 is 4.92 Å². The zero-order valence-electron chi connectivity index (χ0n) is 14.9. The van der Waals surface area contributed by atoms with Gasteiger partial charge in [0.25, 0.3) is 0 Å². The van der Waals surface area contributed by atoms with Gasteiger partial charge in [-0.05, 0) is 30.4 Å². The van der Waals surface area contributed by atoms with Crippen molar-refractivity contribution in [3.05, 3.63) is 51.8 Å². The number of thioether (sulfide) groups is 1. The molecule has 0 aliphatic rings. The zero-order valence-corrected chi connectivity index (χ0v) is 18.1. The van der Waals surface area contributed by atoms with Gasteiger partial charge in [-0.2, -0.15) is 5.10 Å². The fourth-order valence-electron chi connectivity index (χ4n) is 2.26. The van der Waals surface area contributed by atoms with Crippen molar-refractivity contribution >= 4 is 47.4 Å². The number of hydrogen-bond donors (Lipinski definition) is 2. The van der Waals surface area contributed by atoms with E-state index in [-0.39, 0.29) is 29.7 Å². The number of benzene rings is 1. The minimum absolute atomic E-state index is 0. The van der Waals surface area contributed by atoms with Crippen LogP contribution >= 0.6 is 35.7 Å². The number of rotatable bonds is 7. The molecule has 142 valence electrons. The van der Waals surface area contributed by atoms with E-state index in [0.29, 0.717) is 25.6 Å². The first kappa shape index (κ1) is 22.2. The van der Waals surface area contributed by atoms with Crippen LogP contribution in [0.15, 0.2) is 40.5 Å². The van der Waals surface area contributed by atoms with E-state index in [1.54, 1.807) is 18.8 Å². The first-order valence-corrected chi connectivity index (χ1v) is 9.01. The van der Waals surface area contributed by atoms with Gasteiger partial charge in [0.2, 0.25) is 0 Å². The molecule has 0 atom stereocenters. The fraction of sp³-hybridized carbons (Fsp3) is 0.375. The van der Waals surface area contributed by atoms with Crippen LogP contribution in [0.5, 0.6) is 0 Å². The molecule has 2 N–H and O–H groups in total. The van der Waals surface area contributed by atoms with Crippen molar-refractivity contribution in [1.82, 2.24) is 20.4 Å². The number of aryl methyl sites for hydroxylation is 1. The van der Waals surface area contributed by atoms with Crippen LogP contribution in [0.2, 0.25) is 0 Å². The number of nitrogens with one attached hydrogen (secondary N) is 2. The highest BCUT2D eigenvalue weighted by molar-refractivity contribution is 14.0. The molecule has 0 fully saturated rings. The Labute approximate surface area is 174 Å². The third-order valence-corrected chi connectivity index (χ3v) is 4.40. The van der Waals surface area contributed by atoms with Crippen molar-refractivity contribution in [2.75, 3.05) is 19.8 Å². The van der Waals surface area contributed by atoms with Gasteiger partial charge in [0, 0.05) is 25.0 Å². The number of aromatic nitrogens is 2. The fourth-order valence-corrected chi connectivity index (χ4v) is 2.96. The molecule has 0 aliphatic carbocycles. The highest BCUT2D eigenvalue weighted by atomic mass is 127. The molecule has 2 rings (SSSR count). The summed E-state index contributed by atoms with van der Waals surface area (Å²) in [4.78, 5) is 15.6. The van der Waals surface area contributed by atoms with Crippen molar-refractivity contribution in [3.63, 3.8) is 0 Å². The third-order valence-electron chi connectivity index (χ3n) is 3.58. The molecular formula is C16H23IN6O2S. The molecule has 0 spiro atoms. The lowest BCUT2D eigenvalue weighted by molar-refractivity contribution is -0.385. The summed E-state index contributed by atoms with van der Waals surface area (Å²) in [6.45, 7) is 3.82. The number of halogens is 1.